The molecule has 3 rings (SSSR count). The molecule has 0 aliphatic rings. The number of halogens is 1. The number of hydrogen-bond donors (Lipinski definition) is 3. The van der Waals surface area contributed by atoms with Gasteiger partial charge in [0.2, 0.25) is 0 Å². The summed E-state index contributed by atoms with van der Waals surface area (Å²) in [5.41, 5.74) is 4.68. The lowest BCUT2D eigenvalue weighted by Gasteiger charge is -2.12. The maximum atomic E-state index is 13.5. The van der Waals surface area contributed by atoms with Gasteiger partial charge in [0, 0.05) is 24.3 Å². The van der Waals surface area contributed by atoms with Crippen LogP contribution in [0.5, 0.6) is 11.5 Å². The average Bonchev–Trinajstić information content (AvgIpc) is 2.89. The molecule has 8 heteroatoms. The molecule has 0 radical (unpaired) electrons. The van der Waals surface area contributed by atoms with Crippen LogP contribution < -0.4 is 20.3 Å². The molecule has 0 bridgehead atoms. The minimum Gasteiger partial charge on any atom is -0.497 e. The van der Waals surface area contributed by atoms with Crippen molar-refractivity contribution in [3.8, 4) is 11.5 Å². The fraction of sp³-hybridized carbons (Fsp3) is 0.111. The summed E-state index contributed by atoms with van der Waals surface area (Å²) < 4.78 is 24.1. The van der Waals surface area contributed by atoms with E-state index in [1.807, 2.05) is 12.1 Å². The molecule has 0 heterocycles. The van der Waals surface area contributed by atoms with Gasteiger partial charge in [-0.2, -0.15) is 0 Å². The molecule has 0 saturated carbocycles. The smallest absolute Gasteiger partial charge is 0.267 e. The Hall–Kier alpha value is -4.43. The predicted molar refractivity (Wildman–Crippen MR) is 131 cm³/mol. The molecule has 0 aliphatic carbocycles. The second-order valence-corrected chi connectivity index (χ2v) is 7.44. The maximum absolute atomic E-state index is 13.5. The van der Waals surface area contributed by atoms with Crippen molar-refractivity contribution < 1.29 is 28.7 Å². The molecule has 35 heavy (non-hydrogen) atoms. The topological polar surface area (TPSA) is 96.9 Å². The van der Waals surface area contributed by atoms with Gasteiger partial charge in [-0.25, -0.2) is 9.87 Å². The van der Waals surface area contributed by atoms with E-state index in [1.54, 1.807) is 54.6 Å². The summed E-state index contributed by atoms with van der Waals surface area (Å²) in [7, 11) is 3.08. The predicted octanol–water partition coefficient (Wildman–Crippen LogP) is 4.22. The summed E-state index contributed by atoms with van der Waals surface area (Å²) in [4.78, 5) is 24.3. The van der Waals surface area contributed by atoms with Gasteiger partial charge in [-0.3, -0.25) is 14.8 Å². The van der Waals surface area contributed by atoms with Crippen LogP contribution in [-0.4, -0.2) is 31.2 Å². The number of amides is 2. The Morgan fingerprint density at radius 3 is 2.11 bits per heavy atom. The number of carbonyl (C=O) groups excluding carboxylic acids is 2. The molecule has 3 N–H and O–H groups in total. The van der Waals surface area contributed by atoms with Crippen LogP contribution in [0.15, 0.2) is 72.8 Å². The Morgan fingerprint density at radius 1 is 0.914 bits per heavy atom. The van der Waals surface area contributed by atoms with E-state index >= 15 is 0 Å². The molecule has 0 aromatic heterocycles. The summed E-state index contributed by atoms with van der Waals surface area (Å²) in [6.45, 7) is 0.250. The van der Waals surface area contributed by atoms with E-state index < -0.39 is 11.7 Å². The highest BCUT2D eigenvalue weighted by atomic mass is 19.1. The zero-order valence-electron chi connectivity index (χ0n) is 19.2. The van der Waals surface area contributed by atoms with Gasteiger partial charge in [-0.15, -0.1) is 0 Å². The summed E-state index contributed by atoms with van der Waals surface area (Å²) in [6, 6.07) is 18.1. The highest BCUT2D eigenvalue weighted by Gasteiger charge is 2.13. The molecule has 0 fully saturated rings. The van der Waals surface area contributed by atoms with Gasteiger partial charge in [-0.05, 0) is 58.7 Å². The Kier molecular flexibility index (Phi) is 8.75. The van der Waals surface area contributed by atoms with E-state index in [0.29, 0.717) is 28.2 Å². The van der Waals surface area contributed by atoms with E-state index in [-0.39, 0.29) is 12.5 Å². The van der Waals surface area contributed by atoms with E-state index in [1.165, 1.54) is 37.9 Å². The first kappa shape index (κ1) is 25.2. The van der Waals surface area contributed by atoms with Crippen molar-refractivity contribution in [2.24, 2.45) is 0 Å². The lowest BCUT2D eigenvalue weighted by atomic mass is 10.0. The zero-order valence-corrected chi connectivity index (χ0v) is 19.2. The molecule has 0 atom stereocenters. The van der Waals surface area contributed by atoms with Crippen LogP contribution in [0, 0.1) is 5.82 Å². The Bertz CT molecular complexity index is 1210. The van der Waals surface area contributed by atoms with Crippen LogP contribution in [0.4, 0.5) is 4.39 Å². The van der Waals surface area contributed by atoms with Crippen molar-refractivity contribution in [2.75, 3.05) is 14.2 Å². The molecule has 180 valence electrons. The van der Waals surface area contributed by atoms with Crippen molar-refractivity contribution in [3.63, 3.8) is 0 Å². The highest BCUT2D eigenvalue weighted by molar-refractivity contribution is 6.24. The summed E-state index contributed by atoms with van der Waals surface area (Å²) >= 11 is 0. The van der Waals surface area contributed by atoms with Crippen LogP contribution in [0.25, 0.3) is 17.7 Å². The normalized spacial score (nSPS) is 11.3. The largest absolute Gasteiger partial charge is 0.497 e. The Labute approximate surface area is 202 Å². The van der Waals surface area contributed by atoms with Crippen molar-refractivity contribution in [1.82, 2.24) is 10.8 Å². The lowest BCUT2D eigenvalue weighted by Crippen LogP contribution is -2.23. The second-order valence-electron chi connectivity index (χ2n) is 7.44. The third kappa shape index (κ3) is 7.28. The minimum absolute atomic E-state index is 0.250. The maximum Gasteiger partial charge on any atom is 0.267 e. The zero-order chi connectivity index (χ0) is 25.2. The molecule has 3 aromatic carbocycles. The van der Waals surface area contributed by atoms with Crippen LogP contribution in [0.1, 0.15) is 22.3 Å². The van der Waals surface area contributed by atoms with Crippen molar-refractivity contribution in [3.05, 3.63) is 101 Å². The van der Waals surface area contributed by atoms with E-state index in [4.69, 9.17) is 14.7 Å². The summed E-state index contributed by atoms with van der Waals surface area (Å²) in [6.07, 6.45) is 4.43. The van der Waals surface area contributed by atoms with Gasteiger partial charge in [0.05, 0.1) is 14.2 Å². The molecule has 3 aromatic rings. The average molecular weight is 477 g/mol. The first-order valence-electron chi connectivity index (χ1n) is 10.6. The molecular weight excluding hydrogens is 451 g/mol. The third-order valence-corrected chi connectivity index (χ3v) is 5.05. The van der Waals surface area contributed by atoms with Crippen LogP contribution in [0.2, 0.25) is 0 Å². The SMILES string of the molecule is COc1cc(/C=C(/C(=O)NCc2ccc(/C=C/C(=O)NO)cc2)c2ccc(F)cc2)cc(OC)c1. The number of nitrogens with one attached hydrogen (secondary N) is 2. The number of methoxy groups -OCH3 is 2. The highest BCUT2D eigenvalue weighted by Crippen LogP contribution is 2.26. The molecule has 0 aliphatic heterocycles. The van der Waals surface area contributed by atoms with Gasteiger partial charge in [0.25, 0.3) is 11.8 Å². The Balaban J connectivity index is 1.83. The Morgan fingerprint density at radius 2 is 1.54 bits per heavy atom. The number of hydrogen-bond acceptors (Lipinski definition) is 5. The van der Waals surface area contributed by atoms with E-state index in [0.717, 1.165) is 11.1 Å². The van der Waals surface area contributed by atoms with Crippen molar-refractivity contribution in [2.45, 2.75) is 6.54 Å². The van der Waals surface area contributed by atoms with Gasteiger partial charge >= 0.3 is 0 Å². The van der Waals surface area contributed by atoms with Gasteiger partial charge in [0.15, 0.2) is 0 Å². The molecule has 0 saturated heterocycles. The molecular formula is C27H25FN2O5. The molecule has 0 spiro atoms. The standard InChI is InChI=1S/C27H25FN2O5/c1-34-23-13-20(14-24(16-23)35-2)15-25(21-8-10-22(28)11-9-21)27(32)29-17-19-5-3-18(4-6-19)7-12-26(31)30-33/h3-16,33H,17H2,1-2H3,(H,29,32)(H,30,31)/b12-7+,25-15+. The molecule has 2 amide bonds. The fourth-order valence-corrected chi connectivity index (χ4v) is 3.22. The molecule has 0 unspecified atom stereocenters. The number of hydroxylamine groups is 1. The number of rotatable bonds is 9. The van der Waals surface area contributed by atoms with Crippen LogP contribution in [-0.2, 0) is 16.1 Å². The summed E-state index contributed by atoms with van der Waals surface area (Å²) in [5, 5.41) is 11.4. The summed E-state index contributed by atoms with van der Waals surface area (Å²) in [5.74, 6) is -0.237. The van der Waals surface area contributed by atoms with Gasteiger partial charge in [-0.1, -0.05) is 36.4 Å². The van der Waals surface area contributed by atoms with Crippen LogP contribution >= 0.6 is 0 Å². The first-order valence-corrected chi connectivity index (χ1v) is 10.6. The lowest BCUT2D eigenvalue weighted by molar-refractivity contribution is -0.124. The van der Waals surface area contributed by atoms with E-state index in [9.17, 15) is 14.0 Å². The molecule has 7 nitrogen and oxygen atoms in total. The number of carbonyl (C=O) groups is 2. The first-order chi connectivity index (χ1) is 16.9. The fourth-order valence-electron chi connectivity index (χ4n) is 3.22. The minimum atomic E-state index is -0.630. The van der Waals surface area contributed by atoms with Crippen LogP contribution in [0.3, 0.4) is 0 Å². The van der Waals surface area contributed by atoms with E-state index in [2.05, 4.69) is 5.32 Å². The quantitative estimate of drug-likeness (QED) is 0.186. The van der Waals surface area contributed by atoms with Crippen molar-refractivity contribution in [1.29, 1.82) is 0 Å². The number of ether oxygens (including phenoxy) is 2. The third-order valence-electron chi connectivity index (χ3n) is 5.05. The van der Waals surface area contributed by atoms with Crippen molar-refractivity contribution >= 4 is 29.5 Å². The second kappa shape index (κ2) is 12.2. The number of benzene rings is 3. The van der Waals surface area contributed by atoms with Gasteiger partial charge < -0.3 is 14.8 Å². The monoisotopic (exact) mass is 476 g/mol. The van der Waals surface area contributed by atoms with Gasteiger partial charge in [0.1, 0.15) is 17.3 Å².